The first-order valence-corrected chi connectivity index (χ1v) is 8.77. The normalized spacial score (nSPS) is 15.0. The third-order valence-corrected chi connectivity index (χ3v) is 4.74. The molecule has 1 amide bonds. The van der Waals surface area contributed by atoms with Crippen LogP contribution in [0.5, 0.6) is 11.6 Å². The lowest BCUT2D eigenvalue weighted by molar-refractivity contribution is 0.1000. The number of amides is 1. The van der Waals surface area contributed by atoms with E-state index in [2.05, 4.69) is 35.0 Å². The van der Waals surface area contributed by atoms with Crippen molar-refractivity contribution in [1.82, 2.24) is 9.88 Å². The van der Waals surface area contributed by atoms with Crippen molar-refractivity contribution in [3.8, 4) is 11.6 Å². The van der Waals surface area contributed by atoms with E-state index in [1.165, 1.54) is 17.1 Å². The van der Waals surface area contributed by atoms with Crippen molar-refractivity contribution in [2.45, 2.75) is 13.5 Å². The number of likely N-dealkylation sites (tertiary alicyclic amines) is 1. The fourth-order valence-electron chi connectivity index (χ4n) is 3.46. The number of hydrogen-bond donors (Lipinski definition) is 1. The molecule has 5 nitrogen and oxygen atoms in total. The Hall–Kier alpha value is -2.92. The summed E-state index contributed by atoms with van der Waals surface area (Å²) in [6.45, 7) is 5.55. The Bertz CT molecular complexity index is 947. The standard InChI is InChI=1S/C21H21N3O2/c1-14-11-24(12-14)13-16-6-8-19(18-5-3-2-4-17(16)18)26-20-9-7-15(10-23-20)21(22)25/h2-10,14H,11-13H2,1H3,(H2,22,25). The fourth-order valence-corrected chi connectivity index (χ4v) is 3.46. The van der Waals surface area contributed by atoms with Crippen LogP contribution in [0, 0.1) is 5.92 Å². The molecule has 0 spiro atoms. The van der Waals surface area contributed by atoms with Crippen LogP contribution in [0.1, 0.15) is 22.8 Å². The number of nitrogens with zero attached hydrogens (tertiary/aromatic N) is 2. The van der Waals surface area contributed by atoms with Gasteiger partial charge in [-0.2, -0.15) is 0 Å². The van der Waals surface area contributed by atoms with Crippen LogP contribution in [0.4, 0.5) is 0 Å². The third-order valence-electron chi connectivity index (χ3n) is 4.74. The van der Waals surface area contributed by atoms with Crippen molar-refractivity contribution in [3.05, 3.63) is 65.9 Å². The summed E-state index contributed by atoms with van der Waals surface area (Å²) in [4.78, 5) is 17.8. The summed E-state index contributed by atoms with van der Waals surface area (Å²) in [5.41, 5.74) is 6.91. The molecule has 2 N–H and O–H groups in total. The second kappa shape index (κ2) is 6.77. The minimum Gasteiger partial charge on any atom is -0.438 e. The van der Waals surface area contributed by atoms with Crippen molar-refractivity contribution < 1.29 is 9.53 Å². The number of carbonyl (C=O) groups excluding carboxylic acids is 1. The van der Waals surface area contributed by atoms with Gasteiger partial charge in [-0.1, -0.05) is 37.3 Å². The lowest BCUT2D eigenvalue weighted by Crippen LogP contribution is -2.44. The van der Waals surface area contributed by atoms with Gasteiger partial charge in [-0.05, 0) is 29.0 Å². The quantitative estimate of drug-likeness (QED) is 0.766. The molecule has 0 bridgehead atoms. The van der Waals surface area contributed by atoms with Crippen LogP contribution in [0.2, 0.25) is 0 Å². The number of benzene rings is 2. The molecule has 26 heavy (non-hydrogen) atoms. The number of aromatic nitrogens is 1. The molecule has 4 rings (SSSR count). The van der Waals surface area contributed by atoms with Gasteiger partial charge in [0.2, 0.25) is 11.8 Å². The van der Waals surface area contributed by atoms with Gasteiger partial charge >= 0.3 is 0 Å². The number of rotatable bonds is 5. The number of primary amides is 1. The van der Waals surface area contributed by atoms with E-state index in [1.54, 1.807) is 12.1 Å². The molecule has 2 aromatic carbocycles. The van der Waals surface area contributed by atoms with Gasteiger partial charge in [0.25, 0.3) is 0 Å². The minimum atomic E-state index is -0.501. The zero-order valence-electron chi connectivity index (χ0n) is 14.7. The van der Waals surface area contributed by atoms with Gasteiger partial charge in [-0.15, -0.1) is 0 Å². The number of ether oxygens (including phenoxy) is 1. The Morgan fingerprint density at radius 1 is 1.15 bits per heavy atom. The first-order chi connectivity index (χ1) is 12.6. The predicted molar refractivity (Wildman–Crippen MR) is 101 cm³/mol. The zero-order valence-corrected chi connectivity index (χ0v) is 14.7. The molecule has 1 fully saturated rings. The highest BCUT2D eigenvalue weighted by Crippen LogP contribution is 2.32. The van der Waals surface area contributed by atoms with Crippen LogP contribution < -0.4 is 10.5 Å². The van der Waals surface area contributed by atoms with Crippen LogP contribution in [-0.4, -0.2) is 28.9 Å². The van der Waals surface area contributed by atoms with Crippen molar-refractivity contribution >= 4 is 16.7 Å². The maximum Gasteiger partial charge on any atom is 0.250 e. The van der Waals surface area contributed by atoms with Crippen molar-refractivity contribution in [3.63, 3.8) is 0 Å². The first-order valence-electron chi connectivity index (χ1n) is 8.77. The van der Waals surface area contributed by atoms with Crippen LogP contribution in [0.15, 0.2) is 54.7 Å². The van der Waals surface area contributed by atoms with Gasteiger partial charge in [0.05, 0.1) is 5.56 Å². The molecule has 1 aromatic heterocycles. The van der Waals surface area contributed by atoms with Crippen LogP contribution in [0.25, 0.3) is 10.8 Å². The van der Waals surface area contributed by atoms with Crippen molar-refractivity contribution in [2.24, 2.45) is 11.7 Å². The third kappa shape index (κ3) is 3.26. The van der Waals surface area contributed by atoms with E-state index in [0.717, 1.165) is 36.7 Å². The molecule has 0 radical (unpaired) electrons. The number of carbonyl (C=O) groups is 1. The lowest BCUT2D eigenvalue weighted by Gasteiger charge is -2.37. The topological polar surface area (TPSA) is 68.5 Å². The molecule has 3 aromatic rings. The van der Waals surface area contributed by atoms with Gasteiger partial charge in [0.1, 0.15) is 5.75 Å². The first kappa shape index (κ1) is 16.5. The molecular weight excluding hydrogens is 326 g/mol. The number of fused-ring (bicyclic) bond motifs is 1. The smallest absolute Gasteiger partial charge is 0.250 e. The van der Waals surface area contributed by atoms with Gasteiger partial charge in [-0.25, -0.2) is 4.98 Å². The summed E-state index contributed by atoms with van der Waals surface area (Å²) in [5.74, 6) is 1.47. The summed E-state index contributed by atoms with van der Waals surface area (Å²) in [6, 6.07) is 15.6. The molecule has 1 aliphatic rings. The fraction of sp³-hybridized carbons (Fsp3) is 0.238. The second-order valence-corrected chi connectivity index (χ2v) is 6.92. The van der Waals surface area contributed by atoms with Gasteiger partial charge in [0.15, 0.2) is 0 Å². The monoisotopic (exact) mass is 347 g/mol. The largest absolute Gasteiger partial charge is 0.438 e. The molecule has 2 heterocycles. The second-order valence-electron chi connectivity index (χ2n) is 6.92. The van der Waals surface area contributed by atoms with E-state index in [0.29, 0.717) is 11.4 Å². The van der Waals surface area contributed by atoms with E-state index in [-0.39, 0.29) is 0 Å². The van der Waals surface area contributed by atoms with E-state index in [1.807, 2.05) is 18.2 Å². The summed E-state index contributed by atoms with van der Waals surface area (Å²) >= 11 is 0. The summed E-state index contributed by atoms with van der Waals surface area (Å²) in [5, 5.41) is 2.25. The Morgan fingerprint density at radius 3 is 2.58 bits per heavy atom. The molecular formula is C21H21N3O2. The maximum atomic E-state index is 11.2. The minimum absolute atomic E-state index is 0.362. The van der Waals surface area contributed by atoms with Crippen molar-refractivity contribution in [1.29, 1.82) is 0 Å². The Balaban J connectivity index is 1.62. The summed E-state index contributed by atoms with van der Waals surface area (Å²) in [6.07, 6.45) is 1.43. The highest BCUT2D eigenvalue weighted by molar-refractivity contribution is 5.92. The lowest BCUT2D eigenvalue weighted by atomic mass is 9.99. The zero-order chi connectivity index (χ0) is 18.1. The number of pyridine rings is 1. The number of nitrogens with two attached hydrogens (primary N) is 1. The average molecular weight is 347 g/mol. The Labute approximate surface area is 152 Å². The predicted octanol–water partition coefficient (Wildman–Crippen LogP) is 3.58. The van der Waals surface area contributed by atoms with Gasteiger partial charge in [0, 0.05) is 37.3 Å². The highest BCUT2D eigenvalue weighted by Gasteiger charge is 2.23. The Kier molecular flexibility index (Phi) is 4.31. The number of hydrogen-bond acceptors (Lipinski definition) is 4. The molecule has 0 atom stereocenters. The highest BCUT2D eigenvalue weighted by atomic mass is 16.5. The average Bonchev–Trinajstić information content (AvgIpc) is 2.62. The van der Waals surface area contributed by atoms with Gasteiger partial charge < -0.3 is 10.5 Å². The molecule has 1 saturated heterocycles. The van der Waals surface area contributed by atoms with E-state index >= 15 is 0 Å². The maximum absolute atomic E-state index is 11.2. The van der Waals surface area contributed by atoms with E-state index < -0.39 is 5.91 Å². The summed E-state index contributed by atoms with van der Waals surface area (Å²) < 4.78 is 5.97. The summed E-state index contributed by atoms with van der Waals surface area (Å²) in [7, 11) is 0. The molecule has 5 heteroatoms. The molecule has 0 aliphatic carbocycles. The molecule has 1 aliphatic heterocycles. The van der Waals surface area contributed by atoms with E-state index in [9.17, 15) is 4.79 Å². The SMILES string of the molecule is CC1CN(Cc2ccc(Oc3ccc(C(N)=O)cn3)c3ccccc23)C1. The van der Waals surface area contributed by atoms with Crippen LogP contribution in [-0.2, 0) is 6.54 Å². The van der Waals surface area contributed by atoms with Crippen LogP contribution >= 0.6 is 0 Å². The van der Waals surface area contributed by atoms with E-state index in [4.69, 9.17) is 10.5 Å². The van der Waals surface area contributed by atoms with Crippen molar-refractivity contribution in [2.75, 3.05) is 13.1 Å². The van der Waals surface area contributed by atoms with Crippen LogP contribution in [0.3, 0.4) is 0 Å². The Morgan fingerprint density at radius 2 is 1.92 bits per heavy atom. The van der Waals surface area contributed by atoms with Gasteiger partial charge in [-0.3, -0.25) is 9.69 Å². The molecule has 0 unspecified atom stereocenters. The molecule has 0 saturated carbocycles. The molecule has 132 valence electrons.